The zero-order valence-electron chi connectivity index (χ0n) is 12.9. The first-order valence-electron chi connectivity index (χ1n) is 8.19. The van der Waals surface area contributed by atoms with Crippen LogP contribution in [0.5, 0.6) is 0 Å². The fraction of sp³-hybridized carbons (Fsp3) is 1.00. The Bertz CT molecular complexity index is 245. The van der Waals surface area contributed by atoms with E-state index in [1.54, 1.807) is 0 Å². The Balaban J connectivity index is 1.70. The Morgan fingerprint density at radius 1 is 1.21 bits per heavy atom. The van der Waals surface area contributed by atoms with Crippen molar-refractivity contribution in [3.8, 4) is 0 Å². The van der Waals surface area contributed by atoms with Gasteiger partial charge in [-0.05, 0) is 58.7 Å². The molecule has 0 amide bonds. The number of hydrogen-bond acceptors (Lipinski definition) is 3. The minimum absolute atomic E-state index is 0.426. The summed E-state index contributed by atoms with van der Waals surface area (Å²) < 4.78 is 5.58. The number of nitrogens with zero attached hydrogens (tertiary/aromatic N) is 1. The predicted molar refractivity (Wildman–Crippen MR) is 80.5 cm³/mol. The van der Waals surface area contributed by atoms with Crippen molar-refractivity contribution < 1.29 is 4.74 Å². The van der Waals surface area contributed by atoms with Crippen molar-refractivity contribution in [2.24, 2.45) is 5.92 Å². The summed E-state index contributed by atoms with van der Waals surface area (Å²) in [6, 6.07) is 0. The molecule has 19 heavy (non-hydrogen) atoms. The van der Waals surface area contributed by atoms with Gasteiger partial charge < -0.3 is 15.0 Å². The van der Waals surface area contributed by atoms with Crippen LogP contribution in [-0.4, -0.2) is 50.8 Å². The maximum absolute atomic E-state index is 5.58. The molecular weight excluding hydrogens is 236 g/mol. The summed E-state index contributed by atoms with van der Waals surface area (Å²) in [5, 5.41) is 3.63. The normalized spacial score (nSPS) is 27.6. The van der Waals surface area contributed by atoms with E-state index >= 15 is 0 Å². The van der Waals surface area contributed by atoms with Crippen LogP contribution >= 0.6 is 0 Å². The summed E-state index contributed by atoms with van der Waals surface area (Å²) in [4.78, 5) is 2.52. The molecule has 3 nitrogen and oxygen atoms in total. The second kappa shape index (κ2) is 7.61. The van der Waals surface area contributed by atoms with E-state index in [9.17, 15) is 0 Å². The van der Waals surface area contributed by atoms with Gasteiger partial charge >= 0.3 is 0 Å². The average molecular weight is 268 g/mol. The number of hydrogen-bond donors (Lipinski definition) is 1. The van der Waals surface area contributed by atoms with Gasteiger partial charge in [-0.15, -0.1) is 0 Å². The van der Waals surface area contributed by atoms with E-state index in [4.69, 9.17) is 4.74 Å². The molecule has 0 spiro atoms. The van der Waals surface area contributed by atoms with E-state index in [-0.39, 0.29) is 0 Å². The van der Waals surface area contributed by atoms with E-state index in [0.29, 0.717) is 5.54 Å². The lowest BCUT2D eigenvalue weighted by Crippen LogP contribution is -2.47. The molecule has 112 valence electrons. The van der Waals surface area contributed by atoms with Crippen molar-refractivity contribution in [3.63, 3.8) is 0 Å². The second-order valence-corrected chi connectivity index (χ2v) is 6.69. The van der Waals surface area contributed by atoms with E-state index in [0.717, 1.165) is 19.1 Å². The molecule has 2 fully saturated rings. The molecule has 1 atom stereocenters. The highest BCUT2D eigenvalue weighted by molar-refractivity contribution is 4.90. The van der Waals surface area contributed by atoms with Gasteiger partial charge in [0.2, 0.25) is 0 Å². The van der Waals surface area contributed by atoms with Crippen LogP contribution in [0.4, 0.5) is 0 Å². The zero-order valence-corrected chi connectivity index (χ0v) is 12.9. The molecule has 0 aromatic rings. The average Bonchev–Trinajstić information content (AvgIpc) is 2.47. The Morgan fingerprint density at radius 3 is 2.63 bits per heavy atom. The van der Waals surface area contributed by atoms with Gasteiger partial charge in [0, 0.05) is 18.7 Å². The SMILES string of the molecule is CNC1(CCN(C)CC2CCCOC2)CCCCC1. The van der Waals surface area contributed by atoms with Crippen molar-refractivity contribution >= 4 is 0 Å². The zero-order chi connectivity index (χ0) is 13.6. The number of rotatable bonds is 6. The summed E-state index contributed by atoms with van der Waals surface area (Å²) in [6.45, 7) is 4.38. The number of nitrogens with one attached hydrogen (secondary N) is 1. The van der Waals surface area contributed by atoms with Crippen LogP contribution < -0.4 is 5.32 Å². The number of ether oxygens (including phenoxy) is 1. The summed E-state index contributed by atoms with van der Waals surface area (Å²) in [6.07, 6.45) is 10.9. The molecule has 0 aromatic heterocycles. The Kier molecular flexibility index (Phi) is 6.11. The van der Waals surface area contributed by atoms with Gasteiger partial charge in [0.05, 0.1) is 6.61 Å². The third-order valence-electron chi connectivity index (χ3n) is 5.14. The minimum Gasteiger partial charge on any atom is -0.381 e. The van der Waals surface area contributed by atoms with Crippen LogP contribution in [0, 0.1) is 5.92 Å². The maximum atomic E-state index is 5.58. The van der Waals surface area contributed by atoms with Gasteiger partial charge in [0.1, 0.15) is 0 Å². The molecule has 2 aliphatic rings. The summed E-state index contributed by atoms with van der Waals surface area (Å²) >= 11 is 0. The molecule has 1 aliphatic carbocycles. The Hall–Kier alpha value is -0.120. The second-order valence-electron chi connectivity index (χ2n) is 6.69. The van der Waals surface area contributed by atoms with Crippen LogP contribution in [0.1, 0.15) is 51.4 Å². The summed E-state index contributed by atoms with van der Waals surface area (Å²) in [5.74, 6) is 0.760. The van der Waals surface area contributed by atoms with Gasteiger partial charge in [-0.25, -0.2) is 0 Å². The van der Waals surface area contributed by atoms with E-state index < -0.39 is 0 Å². The highest BCUT2D eigenvalue weighted by Crippen LogP contribution is 2.30. The van der Waals surface area contributed by atoms with Crippen molar-refractivity contribution in [1.29, 1.82) is 0 Å². The third-order valence-corrected chi connectivity index (χ3v) is 5.14. The molecule has 0 bridgehead atoms. The van der Waals surface area contributed by atoms with Crippen LogP contribution in [0.3, 0.4) is 0 Å². The van der Waals surface area contributed by atoms with E-state index in [2.05, 4.69) is 24.3 Å². The topological polar surface area (TPSA) is 24.5 Å². The van der Waals surface area contributed by atoms with Crippen molar-refractivity contribution in [1.82, 2.24) is 10.2 Å². The molecule has 1 unspecified atom stereocenters. The molecule has 1 saturated carbocycles. The van der Waals surface area contributed by atoms with Gasteiger partial charge in [-0.1, -0.05) is 19.3 Å². The highest BCUT2D eigenvalue weighted by atomic mass is 16.5. The Morgan fingerprint density at radius 2 is 2.00 bits per heavy atom. The molecule has 2 rings (SSSR count). The monoisotopic (exact) mass is 268 g/mol. The molecular formula is C16H32N2O. The van der Waals surface area contributed by atoms with Crippen LogP contribution in [0.25, 0.3) is 0 Å². The summed E-state index contributed by atoms with van der Waals surface area (Å²) in [7, 11) is 4.43. The smallest absolute Gasteiger partial charge is 0.0506 e. The molecule has 1 saturated heterocycles. The van der Waals surface area contributed by atoms with Crippen LogP contribution in [-0.2, 0) is 4.74 Å². The lowest BCUT2D eigenvalue weighted by molar-refractivity contribution is 0.0405. The molecule has 0 radical (unpaired) electrons. The fourth-order valence-electron chi connectivity index (χ4n) is 3.74. The fourth-order valence-corrected chi connectivity index (χ4v) is 3.74. The maximum Gasteiger partial charge on any atom is 0.0506 e. The van der Waals surface area contributed by atoms with E-state index in [1.165, 1.54) is 64.5 Å². The van der Waals surface area contributed by atoms with Crippen molar-refractivity contribution in [3.05, 3.63) is 0 Å². The van der Waals surface area contributed by atoms with Gasteiger partial charge in [0.15, 0.2) is 0 Å². The van der Waals surface area contributed by atoms with Gasteiger partial charge in [0.25, 0.3) is 0 Å². The predicted octanol–water partition coefficient (Wildman–Crippen LogP) is 2.66. The van der Waals surface area contributed by atoms with Crippen LogP contribution in [0.15, 0.2) is 0 Å². The van der Waals surface area contributed by atoms with Gasteiger partial charge in [-0.2, -0.15) is 0 Å². The first kappa shape index (κ1) is 15.3. The van der Waals surface area contributed by atoms with E-state index in [1.807, 2.05) is 0 Å². The molecule has 1 aliphatic heterocycles. The third kappa shape index (κ3) is 4.73. The largest absolute Gasteiger partial charge is 0.381 e. The summed E-state index contributed by atoms with van der Waals surface area (Å²) in [5.41, 5.74) is 0.426. The van der Waals surface area contributed by atoms with Crippen molar-refractivity contribution in [2.45, 2.75) is 56.9 Å². The van der Waals surface area contributed by atoms with Gasteiger partial charge in [-0.3, -0.25) is 0 Å². The quantitative estimate of drug-likeness (QED) is 0.801. The highest BCUT2D eigenvalue weighted by Gasteiger charge is 2.30. The Labute approximate surface area is 119 Å². The molecule has 0 aromatic carbocycles. The van der Waals surface area contributed by atoms with Crippen molar-refractivity contribution in [2.75, 3.05) is 40.4 Å². The molecule has 1 heterocycles. The standard InChI is InChI=1S/C16H32N2O/c1-17-16(8-4-3-5-9-16)10-11-18(2)13-15-7-6-12-19-14-15/h15,17H,3-14H2,1-2H3. The lowest BCUT2D eigenvalue weighted by Gasteiger charge is -2.39. The minimum atomic E-state index is 0.426. The lowest BCUT2D eigenvalue weighted by atomic mass is 9.79. The first-order chi connectivity index (χ1) is 9.24. The molecule has 1 N–H and O–H groups in total. The first-order valence-corrected chi connectivity index (χ1v) is 8.19. The van der Waals surface area contributed by atoms with Crippen LogP contribution in [0.2, 0.25) is 0 Å². The molecule has 3 heteroatoms.